The van der Waals surface area contributed by atoms with Gasteiger partial charge in [-0.05, 0) is 80.6 Å². The Morgan fingerprint density at radius 2 is 1.12 bits per heavy atom. The summed E-state index contributed by atoms with van der Waals surface area (Å²) in [5, 5.41) is 32.5. The number of pyridine rings is 1. The van der Waals surface area contributed by atoms with Crippen LogP contribution in [-0.2, 0) is 40.5 Å². The summed E-state index contributed by atoms with van der Waals surface area (Å²) in [5.41, 5.74) is 1.81. The zero-order chi connectivity index (χ0) is 47.1. The number of fused-ring (bicyclic) bond motifs is 1. The number of aromatic nitrogens is 2. The smallest absolute Gasteiger partial charge is 0.744 e. The summed E-state index contributed by atoms with van der Waals surface area (Å²) < 4.78 is 142. The van der Waals surface area contributed by atoms with Crippen LogP contribution in [0.2, 0.25) is 0 Å². The molecule has 69 heavy (non-hydrogen) atoms. The average molecular weight is 1000 g/mol. The molecule has 0 aliphatic carbocycles. The molecule has 0 amide bonds. The van der Waals surface area contributed by atoms with E-state index in [1.165, 1.54) is 31.2 Å². The van der Waals surface area contributed by atoms with Crippen LogP contribution in [0, 0.1) is 25.2 Å². The summed E-state index contributed by atoms with van der Waals surface area (Å²) in [4.78, 5) is 6.44. The summed E-state index contributed by atoms with van der Waals surface area (Å²) in [6, 6.07) is 23.5. The molecule has 0 saturated carbocycles. The van der Waals surface area contributed by atoms with Crippen LogP contribution in [-0.4, -0.2) is 61.9 Å². The molecule has 0 bridgehead atoms. The first-order valence-electron chi connectivity index (χ1n) is 18.0. The molecule has 30 heteroatoms. The first-order valence-corrected chi connectivity index (χ1v) is 24.4. The molecule has 2 heterocycles. The maximum Gasteiger partial charge on any atom is 1.00 e. The standard InChI is InChI=1S/C39H29N9O12S5.4Li/c1-21-6-8-23(9-7-21)35-38(47-45-26-18-30-29(33(19-26)65(58,59)60)4-3-5-32(30)64(55,56)57)61-39(43-35)48-46-34-22(2)31(20-40)36(41-24-10-14-27(15-11-24)62(49,50)51)44-37(34)42-25-12-16-28(17-13-25)63(52,53)54;;;;/h3-19H,1-2H3,(H2,41,42,44)(H,49,50,51)(H,52,53,54)(H,55,56,57)(H,58,59,60);;;;/q;4*+1/p-4. The topological polar surface area (TPSA) is 352 Å². The molecule has 0 saturated heterocycles. The number of hydrogen-bond acceptors (Lipinski definition) is 22. The molecule has 7 rings (SSSR count). The van der Waals surface area contributed by atoms with Crippen molar-refractivity contribution in [2.45, 2.75) is 33.4 Å². The molecule has 0 fully saturated rings. The van der Waals surface area contributed by atoms with Gasteiger partial charge in [-0.1, -0.05) is 53.3 Å². The van der Waals surface area contributed by atoms with Gasteiger partial charge in [0.05, 0.1) is 30.8 Å². The first-order chi connectivity index (χ1) is 30.5. The number of aryl methyl sites for hydroxylation is 1. The number of nitriles is 1. The number of benzene rings is 5. The van der Waals surface area contributed by atoms with Gasteiger partial charge in [0.25, 0.3) is 0 Å². The monoisotopic (exact) mass is 999 g/mol. The van der Waals surface area contributed by atoms with Crippen LogP contribution in [0.4, 0.5) is 44.5 Å². The van der Waals surface area contributed by atoms with Crippen molar-refractivity contribution in [3.05, 3.63) is 120 Å². The van der Waals surface area contributed by atoms with E-state index in [1.807, 2.05) is 13.0 Å². The maximum absolute atomic E-state index is 12.3. The molecule has 0 spiro atoms. The molecule has 5 aromatic carbocycles. The third-order valence-corrected chi connectivity index (χ3v) is 13.5. The summed E-state index contributed by atoms with van der Waals surface area (Å²) in [7, 11) is -19.9. The summed E-state index contributed by atoms with van der Waals surface area (Å²) in [6.07, 6.45) is 0. The quantitative estimate of drug-likeness (QED) is 0.0628. The minimum atomic E-state index is -5.23. The molecular formula is C39H25Li4N9O12S5. The Morgan fingerprint density at radius 1 is 0.580 bits per heavy atom. The van der Waals surface area contributed by atoms with Gasteiger partial charge < -0.3 is 28.8 Å². The molecule has 0 unspecified atom stereocenters. The van der Waals surface area contributed by atoms with Crippen LogP contribution in [0.25, 0.3) is 22.0 Å². The van der Waals surface area contributed by atoms with E-state index in [-0.39, 0.29) is 148 Å². The number of nitrogens with zero attached hydrogens (tertiary/aromatic N) is 7. The number of azo groups is 2. The van der Waals surface area contributed by atoms with Gasteiger partial charge in [-0.2, -0.15) is 5.26 Å². The van der Waals surface area contributed by atoms with Gasteiger partial charge in [-0.15, -0.1) is 20.5 Å². The van der Waals surface area contributed by atoms with Crippen molar-refractivity contribution in [1.29, 1.82) is 5.26 Å². The number of anilines is 4. The van der Waals surface area contributed by atoms with Crippen molar-refractivity contribution in [2.24, 2.45) is 20.5 Å². The van der Waals surface area contributed by atoms with E-state index in [0.717, 1.165) is 71.5 Å². The van der Waals surface area contributed by atoms with Crippen molar-refractivity contribution in [3.8, 4) is 17.3 Å². The molecule has 2 N–H and O–H groups in total. The number of hydrogen-bond donors (Lipinski definition) is 2. The SMILES string of the molecule is Cc1ccc(-c2nc(N=Nc3c(Nc4ccc(S(=O)(=O)[O-])cc4)nc(Nc4ccc(S(=O)(=O)[O-])cc4)c(C#N)c3C)sc2N=Nc2cc(S(=O)(=O)[O-])c3cccc(S(=O)(=O)[O-])c3c2)cc1.[Li+].[Li+].[Li+].[Li+]. The third-order valence-electron chi connectivity index (χ3n) is 9.19. The van der Waals surface area contributed by atoms with Crippen molar-refractivity contribution < 1.29 is 127 Å². The van der Waals surface area contributed by atoms with Gasteiger partial charge in [0, 0.05) is 33.3 Å². The number of nitrogens with one attached hydrogen (secondary N) is 2. The molecule has 0 aliphatic rings. The Bertz CT molecular complexity index is 3640. The van der Waals surface area contributed by atoms with E-state index in [0.29, 0.717) is 5.56 Å². The zero-order valence-corrected chi connectivity index (χ0v) is 41.0. The second-order valence-electron chi connectivity index (χ2n) is 13.6. The molecule has 332 valence electrons. The van der Waals surface area contributed by atoms with Crippen LogP contribution < -0.4 is 86.1 Å². The van der Waals surface area contributed by atoms with Gasteiger partial charge in [0.2, 0.25) is 5.13 Å². The van der Waals surface area contributed by atoms with Crippen molar-refractivity contribution in [1.82, 2.24) is 9.97 Å². The molecular weight excluding hydrogens is 975 g/mol. The number of thiazole rings is 1. The van der Waals surface area contributed by atoms with Crippen LogP contribution in [0.5, 0.6) is 0 Å². The molecule has 7 aromatic rings. The van der Waals surface area contributed by atoms with Crippen molar-refractivity contribution in [3.63, 3.8) is 0 Å². The van der Waals surface area contributed by atoms with Crippen LogP contribution in [0.15, 0.2) is 143 Å². The Morgan fingerprint density at radius 3 is 1.62 bits per heavy atom. The van der Waals surface area contributed by atoms with E-state index in [2.05, 4.69) is 41.1 Å². The second kappa shape index (κ2) is 23.1. The Balaban J connectivity index is 0.00000315. The van der Waals surface area contributed by atoms with Crippen LogP contribution in [0.3, 0.4) is 0 Å². The van der Waals surface area contributed by atoms with Crippen molar-refractivity contribution in [2.75, 3.05) is 10.6 Å². The Kier molecular flexibility index (Phi) is 19.7. The molecule has 2 aromatic heterocycles. The fraction of sp³-hybridized carbons (Fsp3) is 0.0513. The minimum Gasteiger partial charge on any atom is -0.744 e. The zero-order valence-electron chi connectivity index (χ0n) is 36.9. The van der Waals surface area contributed by atoms with Crippen LogP contribution in [0.1, 0.15) is 16.7 Å². The second-order valence-corrected chi connectivity index (χ2v) is 20.0. The third kappa shape index (κ3) is 13.9. The first kappa shape index (κ1) is 58.8. The van der Waals surface area contributed by atoms with E-state index in [9.17, 15) is 57.1 Å². The minimum absolute atomic E-state index is 0. The van der Waals surface area contributed by atoms with E-state index in [4.69, 9.17) is 0 Å². The van der Waals surface area contributed by atoms with E-state index in [1.54, 1.807) is 24.3 Å². The molecule has 21 nitrogen and oxygen atoms in total. The fourth-order valence-corrected chi connectivity index (χ4v) is 9.18. The van der Waals surface area contributed by atoms with Gasteiger partial charge in [0.1, 0.15) is 57.9 Å². The summed E-state index contributed by atoms with van der Waals surface area (Å²) in [5.74, 6) is -0.137. The van der Waals surface area contributed by atoms with Gasteiger partial charge in [-0.3, -0.25) is 0 Å². The van der Waals surface area contributed by atoms with Crippen molar-refractivity contribution >= 4 is 107 Å². The maximum atomic E-state index is 12.3. The predicted octanol–water partition coefficient (Wildman–Crippen LogP) is -4.20. The normalized spacial score (nSPS) is 11.8. The van der Waals surface area contributed by atoms with Gasteiger partial charge in [0.15, 0.2) is 16.6 Å². The molecule has 0 aliphatic heterocycles. The van der Waals surface area contributed by atoms with Gasteiger partial charge in [-0.25, -0.2) is 43.6 Å². The summed E-state index contributed by atoms with van der Waals surface area (Å²) in [6.45, 7) is 3.35. The molecule has 0 radical (unpaired) electrons. The van der Waals surface area contributed by atoms with Gasteiger partial charge >= 0.3 is 75.4 Å². The largest absolute Gasteiger partial charge is 1.00 e. The van der Waals surface area contributed by atoms with Crippen LogP contribution >= 0.6 is 11.3 Å². The Hall–Kier alpha value is -4.54. The Labute approximate surface area is 447 Å². The van der Waals surface area contributed by atoms with E-state index < -0.39 is 60.1 Å². The fourth-order valence-electron chi connectivity index (χ4n) is 6.11. The molecule has 0 atom stereocenters. The summed E-state index contributed by atoms with van der Waals surface area (Å²) >= 11 is 0.828. The predicted molar refractivity (Wildman–Crippen MR) is 230 cm³/mol. The van der Waals surface area contributed by atoms with E-state index >= 15 is 0 Å². The average Bonchev–Trinajstić information content (AvgIpc) is 3.64. The number of rotatable bonds is 13.